The highest BCUT2D eigenvalue weighted by atomic mass is 16.1. The summed E-state index contributed by atoms with van der Waals surface area (Å²) in [4.78, 5) is 15.5. The van der Waals surface area contributed by atoms with E-state index in [0.717, 1.165) is 24.2 Å². The normalized spacial score (nSPS) is 18.9. The van der Waals surface area contributed by atoms with Gasteiger partial charge in [-0.3, -0.25) is 4.79 Å². The number of carbonyl (C=O) groups is 1. The first-order valence-corrected chi connectivity index (χ1v) is 6.20. The molecule has 1 amide bonds. The number of nitrogens with one attached hydrogen (secondary N) is 2. The van der Waals surface area contributed by atoms with Crippen LogP contribution in [0, 0.1) is 0 Å². The fraction of sp³-hybridized carbons (Fsp3) is 0.286. The molecule has 92 valence electrons. The second-order valence-corrected chi connectivity index (χ2v) is 4.56. The summed E-state index contributed by atoms with van der Waals surface area (Å²) < 4.78 is 0. The first-order valence-electron chi connectivity index (χ1n) is 6.20. The molecule has 0 spiro atoms. The SMILES string of the molecule is O=C1CCC(CNc2nccc3ccccc23)N1. The van der Waals surface area contributed by atoms with E-state index >= 15 is 0 Å². The lowest BCUT2D eigenvalue weighted by Gasteiger charge is -2.13. The molecular formula is C14H15N3O. The van der Waals surface area contributed by atoms with Gasteiger partial charge in [0.15, 0.2) is 0 Å². The molecule has 1 aliphatic rings. The number of benzene rings is 1. The number of hydrogen-bond donors (Lipinski definition) is 2. The third-order valence-corrected chi connectivity index (χ3v) is 3.27. The van der Waals surface area contributed by atoms with Gasteiger partial charge in [-0.15, -0.1) is 0 Å². The molecule has 1 unspecified atom stereocenters. The molecule has 4 nitrogen and oxygen atoms in total. The lowest BCUT2D eigenvalue weighted by Crippen LogP contribution is -2.32. The van der Waals surface area contributed by atoms with Crippen molar-refractivity contribution in [3.05, 3.63) is 36.5 Å². The third kappa shape index (κ3) is 2.14. The van der Waals surface area contributed by atoms with E-state index in [1.165, 1.54) is 5.39 Å². The maximum absolute atomic E-state index is 11.1. The maximum Gasteiger partial charge on any atom is 0.220 e. The van der Waals surface area contributed by atoms with Crippen LogP contribution in [0.4, 0.5) is 5.82 Å². The highest BCUT2D eigenvalue weighted by molar-refractivity contribution is 5.91. The van der Waals surface area contributed by atoms with Gasteiger partial charge in [0.25, 0.3) is 0 Å². The highest BCUT2D eigenvalue weighted by Crippen LogP contribution is 2.20. The molecule has 4 heteroatoms. The van der Waals surface area contributed by atoms with Crippen molar-refractivity contribution < 1.29 is 4.79 Å². The molecule has 3 rings (SSSR count). The minimum absolute atomic E-state index is 0.146. The minimum atomic E-state index is 0.146. The molecule has 1 aromatic heterocycles. The van der Waals surface area contributed by atoms with Gasteiger partial charge >= 0.3 is 0 Å². The largest absolute Gasteiger partial charge is 0.368 e. The van der Waals surface area contributed by atoms with E-state index in [0.29, 0.717) is 6.42 Å². The molecule has 2 aromatic rings. The van der Waals surface area contributed by atoms with Gasteiger partial charge in [-0.1, -0.05) is 24.3 Å². The van der Waals surface area contributed by atoms with Gasteiger partial charge in [0.2, 0.25) is 5.91 Å². The Morgan fingerprint density at radius 2 is 2.22 bits per heavy atom. The molecule has 1 fully saturated rings. The first kappa shape index (κ1) is 11.0. The molecule has 0 aliphatic carbocycles. The first-order chi connectivity index (χ1) is 8.83. The average Bonchev–Trinajstić information content (AvgIpc) is 2.82. The predicted molar refractivity (Wildman–Crippen MR) is 71.4 cm³/mol. The van der Waals surface area contributed by atoms with E-state index in [2.05, 4.69) is 27.8 Å². The molecule has 0 radical (unpaired) electrons. The van der Waals surface area contributed by atoms with Gasteiger partial charge in [-0.2, -0.15) is 0 Å². The number of carbonyl (C=O) groups excluding carboxylic acids is 1. The monoisotopic (exact) mass is 241 g/mol. The summed E-state index contributed by atoms with van der Waals surface area (Å²) in [6.45, 7) is 0.729. The number of anilines is 1. The summed E-state index contributed by atoms with van der Waals surface area (Å²) >= 11 is 0. The van der Waals surface area contributed by atoms with Crippen molar-refractivity contribution in [1.82, 2.24) is 10.3 Å². The number of nitrogens with zero attached hydrogens (tertiary/aromatic N) is 1. The second kappa shape index (κ2) is 4.64. The van der Waals surface area contributed by atoms with Crippen molar-refractivity contribution in [3.8, 4) is 0 Å². The summed E-state index contributed by atoms with van der Waals surface area (Å²) in [6.07, 6.45) is 3.34. The van der Waals surface area contributed by atoms with Crippen LogP contribution in [0.15, 0.2) is 36.5 Å². The zero-order chi connectivity index (χ0) is 12.4. The molecule has 0 saturated carbocycles. The lowest BCUT2D eigenvalue weighted by molar-refractivity contribution is -0.119. The Hall–Kier alpha value is -2.10. The van der Waals surface area contributed by atoms with Gasteiger partial charge in [-0.05, 0) is 17.9 Å². The van der Waals surface area contributed by atoms with Gasteiger partial charge in [0.05, 0.1) is 0 Å². The quantitative estimate of drug-likeness (QED) is 0.863. The van der Waals surface area contributed by atoms with Crippen LogP contribution in [0.5, 0.6) is 0 Å². The Morgan fingerprint density at radius 3 is 3.06 bits per heavy atom. The topological polar surface area (TPSA) is 54.0 Å². The molecule has 1 aliphatic heterocycles. The Balaban J connectivity index is 1.76. The highest BCUT2D eigenvalue weighted by Gasteiger charge is 2.20. The smallest absolute Gasteiger partial charge is 0.220 e. The van der Waals surface area contributed by atoms with E-state index in [4.69, 9.17) is 0 Å². The summed E-state index contributed by atoms with van der Waals surface area (Å²) in [5.41, 5.74) is 0. The summed E-state index contributed by atoms with van der Waals surface area (Å²) in [5.74, 6) is 1.03. The molecule has 1 aromatic carbocycles. The van der Waals surface area contributed by atoms with Crippen LogP contribution < -0.4 is 10.6 Å². The molecule has 1 atom stereocenters. The van der Waals surface area contributed by atoms with Crippen molar-refractivity contribution in [2.75, 3.05) is 11.9 Å². The Bertz CT molecular complexity index is 577. The van der Waals surface area contributed by atoms with Crippen LogP contribution in [0.2, 0.25) is 0 Å². The Labute approximate surface area is 105 Å². The molecule has 1 saturated heterocycles. The van der Waals surface area contributed by atoms with E-state index in [9.17, 15) is 4.79 Å². The third-order valence-electron chi connectivity index (χ3n) is 3.27. The maximum atomic E-state index is 11.1. The molecule has 2 heterocycles. The molecule has 18 heavy (non-hydrogen) atoms. The van der Waals surface area contributed by atoms with Crippen molar-refractivity contribution in [3.63, 3.8) is 0 Å². The number of amides is 1. The standard InChI is InChI=1S/C14H15N3O/c18-13-6-5-11(17-13)9-16-14-12-4-2-1-3-10(12)7-8-15-14/h1-4,7-8,11H,5-6,9H2,(H,15,16)(H,17,18). The van der Waals surface area contributed by atoms with Gasteiger partial charge in [-0.25, -0.2) is 4.98 Å². The number of hydrogen-bond acceptors (Lipinski definition) is 3. The fourth-order valence-corrected chi connectivity index (χ4v) is 2.31. The Kier molecular flexibility index (Phi) is 2.84. The van der Waals surface area contributed by atoms with E-state index in [-0.39, 0.29) is 11.9 Å². The van der Waals surface area contributed by atoms with Crippen LogP contribution in [0.25, 0.3) is 10.8 Å². The van der Waals surface area contributed by atoms with Crippen LogP contribution in [0.3, 0.4) is 0 Å². The fourth-order valence-electron chi connectivity index (χ4n) is 2.31. The van der Waals surface area contributed by atoms with Crippen molar-refractivity contribution in [2.24, 2.45) is 0 Å². The number of fused-ring (bicyclic) bond motifs is 1. The van der Waals surface area contributed by atoms with Gasteiger partial charge in [0, 0.05) is 30.6 Å². The van der Waals surface area contributed by atoms with E-state index in [1.807, 2.05) is 18.2 Å². The number of pyridine rings is 1. The number of aromatic nitrogens is 1. The van der Waals surface area contributed by atoms with Crippen LogP contribution >= 0.6 is 0 Å². The molecule has 0 bridgehead atoms. The van der Waals surface area contributed by atoms with Crippen LogP contribution in [0.1, 0.15) is 12.8 Å². The minimum Gasteiger partial charge on any atom is -0.368 e. The number of rotatable bonds is 3. The average molecular weight is 241 g/mol. The molecular weight excluding hydrogens is 226 g/mol. The zero-order valence-electron chi connectivity index (χ0n) is 10.0. The second-order valence-electron chi connectivity index (χ2n) is 4.56. The van der Waals surface area contributed by atoms with Crippen molar-refractivity contribution in [2.45, 2.75) is 18.9 Å². The summed E-state index contributed by atoms with van der Waals surface area (Å²) in [7, 11) is 0. The summed E-state index contributed by atoms with van der Waals surface area (Å²) in [6, 6.07) is 10.4. The van der Waals surface area contributed by atoms with Crippen molar-refractivity contribution in [1.29, 1.82) is 0 Å². The van der Waals surface area contributed by atoms with Gasteiger partial charge in [0.1, 0.15) is 5.82 Å². The van der Waals surface area contributed by atoms with Gasteiger partial charge < -0.3 is 10.6 Å². The van der Waals surface area contributed by atoms with Crippen LogP contribution in [-0.2, 0) is 4.79 Å². The Morgan fingerprint density at radius 1 is 1.33 bits per heavy atom. The van der Waals surface area contributed by atoms with Crippen molar-refractivity contribution >= 4 is 22.5 Å². The van der Waals surface area contributed by atoms with E-state index in [1.54, 1.807) is 6.20 Å². The zero-order valence-corrected chi connectivity index (χ0v) is 10.0. The van der Waals surface area contributed by atoms with Crippen LogP contribution in [-0.4, -0.2) is 23.5 Å². The summed E-state index contributed by atoms with van der Waals surface area (Å²) in [5, 5.41) is 8.55. The van der Waals surface area contributed by atoms with E-state index < -0.39 is 0 Å². The predicted octanol–water partition coefficient (Wildman–Crippen LogP) is 1.93. The lowest BCUT2D eigenvalue weighted by atomic mass is 10.1. The molecule has 2 N–H and O–H groups in total.